The van der Waals surface area contributed by atoms with Crippen LogP contribution in [0, 0.1) is 19.8 Å². The first-order valence-electron chi connectivity index (χ1n) is 8.26. The number of hydrogen-bond donors (Lipinski definition) is 2. The summed E-state index contributed by atoms with van der Waals surface area (Å²) < 4.78 is 4.85. The standard InChI is InChI=1S/C17H21N3O4S/c1-8-12-14(20-11-6-4-10(5-7-11)16(21)22)18-9(2)19-15(12)25-13(8)17(23)24-3/h10-11H,4-7H2,1-3H3,(H,21,22)(H,18,19,20). The Balaban J connectivity index is 1.90. The molecule has 1 saturated carbocycles. The number of aromatic nitrogens is 2. The summed E-state index contributed by atoms with van der Waals surface area (Å²) in [7, 11) is 1.36. The maximum Gasteiger partial charge on any atom is 0.348 e. The minimum absolute atomic E-state index is 0.175. The number of ether oxygens (including phenoxy) is 1. The number of carbonyl (C=O) groups is 2. The number of hydrogen-bond acceptors (Lipinski definition) is 7. The van der Waals surface area contributed by atoms with Crippen LogP contribution in [0.4, 0.5) is 5.82 Å². The average molecular weight is 363 g/mol. The van der Waals surface area contributed by atoms with Crippen LogP contribution in [0.5, 0.6) is 0 Å². The molecule has 0 saturated heterocycles. The van der Waals surface area contributed by atoms with E-state index in [0.29, 0.717) is 29.4 Å². The van der Waals surface area contributed by atoms with E-state index in [2.05, 4.69) is 15.3 Å². The molecule has 0 aliphatic heterocycles. The molecule has 0 bridgehead atoms. The number of fused-ring (bicyclic) bond motifs is 1. The van der Waals surface area contributed by atoms with Gasteiger partial charge in [0.1, 0.15) is 21.3 Å². The Hall–Kier alpha value is -2.22. The third-order valence-corrected chi connectivity index (χ3v) is 5.86. The molecule has 2 aromatic heterocycles. The molecular formula is C17H21N3O4S. The van der Waals surface area contributed by atoms with E-state index >= 15 is 0 Å². The average Bonchev–Trinajstić information content (AvgIpc) is 2.91. The minimum atomic E-state index is -0.713. The molecule has 25 heavy (non-hydrogen) atoms. The summed E-state index contributed by atoms with van der Waals surface area (Å²) in [5.74, 6) is 0.0114. The van der Waals surface area contributed by atoms with Crippen LogP contribution in [-0.4, -0.2) is 40.2 Å². The maximum atomic E-state index is 12.0. The Labute approximate surface area is 149 Å². The Morgan fingerprint density at radius 2 is 1.88 bits per heavy atom. The Kier molecular flexibility index (Phi) is 4.89. The Morgan fingerprint density at radius 1 is 1.20 bits per heavy atom. The van der Waals surface area contributed by atoms with Crippen molar-refractivity contribution in [1.82, 2.24) is 9.97 Å². The highest BCUT2D eigenvalue weighted by Gasteiger charge is 2.27. The van der Waals surface area contributed by atoms with Crippen LogP contribution in [0.15, 0.2) is 0 Å². The van der Waals surface area contributed by atoms with Crippen molar-refractivity contribution in [3.8, 4) is 0 Å². The van der Waals surface area contributed by atoms with Crippen molar-refractivity contribution in [3.05, 3.63) is 16.3 Å². The molecule has 2 aromatic rings. The molecule has 0 radical (unpaired) electrons. The van der Waals surface area contributed by atoms with Crippen molar-refractivity contribution < 1.29 is 19.4 Å². The fraction of sp³-hybridized carbons (Fsp3) is 0.529. The zero-order valence-corrected chi connectivity index (χ0v) is 15.3. The van der Waals surface area contributed by atoms with Gasteiger partial charge in [0.05, 0.1) is 18.4 Å². The topological polar surface area (TPSA) is 101 Å². The Morgan fingerprint density at radius 3 is 2.48 bits per heavy atom. The summed E-state index contributed by atoms with van der Waals surface area (Å²) in [5, 5.41) is 13.4. The molecular weight excluding hydrogens is 342 g/mol. The molecule has 0 spiro atoms. The number of nitrogens with one attached hydrogen (secondary N) is 1. The van der Waals surface area contributed by atoms with Crippen LogP contribution in [0.3, 0.4) is 0 Å². The van der Waals surface area contributed by atoms with Gasteiger partial charge in [-0.3, -0.25) is 4.79 Å². The summed E-state index contributed by atoms with van der Waals surface area (Å²) in [4.78, 5) is 33.3. The van der Waals surface area contributed by atoms with E-state index < -0.39 is 5.97 Å². The second kappa shape index (κ2) is 6.95. The smallest absolute Gasteiger partial charge is 0.348 e. The first-order valence-corrected chi connectivity index (χ1v) is 9.07. The maximum absolute atomic E-state index is 12.0. The third-order valence-electron chi connectivity index (χ3n) is 4.69. The number of carboxylic acid groups (broad SMARTS) is 1. The van der Waals surface area contributed by atoms with Gasteiger partial charge in [0.25, 0.3) is 0 Å². The molecule has 134 valence electrons. The highest BCUT2D eigenvalue weighted by atomic mass is 32.1. The van der Waals surface area contributed by atoms with Gasteiger partial charge in [-0.2, -0.15) is 0 Å². The van der Waals surface area contributed by atoms with Gasteiger partial charge >= 0.3 is 11.9 Å². The van der Waals surface area contributed by atoms with E-state index in [4.69, 9.17) is 9.84 Å². The van der Waals surface area contributed by atoms with Crippen LogP contribution in [0.1, 0.15) is 46.7 Å². The van der Waals surface area contributed by atoms with Gasteiger partial charge in [-0.15, -0.1) is 11.3 Å². The Bertz CT molecular complexity index is 825. The molecule has 1 fully saturated rings. The fourth-order valence-electron chi connectivity index (χ4n) is 3.32. The van der Waals surface area contributed by atoms with Crippen LogP contribution in [0.25, 0.3) is 10.2 Å². The lowest BCUT2D eigenvalue weighted by Crippen LogP contribution is -2.29. The van der Waals surface area contributed by atoms with Gasteiger partial charge in [0.15, 0.2) is 0 Å². The quantitative estimate of drug-likeness (QED) is 0.805. The lowest BCUT2D eigenvalue weighted by Gasteiger charge is -2.27. The predicted molar refractivity (Wildman–Crippen MR) is 95.2 cm³/mol. The van der Waals surface area contributed by atoms with E-state index in [-0.39, 0.29) is 17.9 Å². The molecule has 0 unspecified atom stereocenters. The van der Waals surface area contributed by atoms with Crippen LogP contribution < -0.4 is 5.32 Å². The van der Waals surface area contributed by atoms with Gasteiger partial charge < -0.3 is 15.2 Å². The number of carboxylic acids is 1. The molecule has 2 N–H and O–H groups in total. The molecule has 1 aliphatic carbocycles. The van der Waals surface area contributed by atoms with Gasteiger partial charge in [-0.25, -0.2) is 14.8 Å². The molecule has 2 heterocycles. The zero-order chi connectivity index (χ0) is 18.1. The lowest BCUT2D eigenvalue weighted by atomic mass is 9.86. The SMILES string of the molecule is COC(=O)c1sc2nc(C)nc(NC3CCC(C(=O)O)CC3)c2c1C. The number of esters is 1. The van der Waals surface area contributed by atoms with Crippen molar-refractivity contribution in [2.45, 2.75) is 45.6 Å². The van der Waals surface area contributed by atoms with Crippen LogP contribution in [-0.2, 0) is 9.53 Å². The van der Waals surface area contributed by atoms with E-state index in [1.165, 1.54) is 18.4 Å². The number of thiophene rings is 1. The summed E-state index contributed by atoms with van der Waals surface area (Å²) >= 11 is 1.31. The van der Waals surface area contributed by atoms with Crippen LogP contribution in [0.2, 0.25) is 0 Å². The predicted octanol–water partition coefficient (Wildman–Crippen LogP) is 3.15. The summed E-state index contributed by atoms with van der Waals surface area (Å²) in [5.41, 5.74) is 0.813. The number of rotatable bonds is 4. The van der Waals surface area contributed by atoms with Gasteiger partial charge in [0.2, 0.25) is 0 Å². The van der Waals surface area contributed by atoms with Gasteiger partial charge in [-0.05, 0) is 45.1 Å². The van der Waals surface area contributed by atoms with Gasteiger partial charge in [0, 0.05) is 6.04 Å². The van der Waals surface area contributed by atoms with Crippen LogP contribution >= 0.6 is 11.3 Å². The molecule has 0 amide bonds. The van der Waals surface area contributed by atoms with E-state index in [1.54, 1.807) is 0 Å². The van der Waals surface area contributed by atoms with E-state index in [9.17, 15) is 9.59 Å². The lowest BCUT2D eigenvalue weighted by molar-refractivity contribution is -0.142. The number of anilines is 1. The zero-order valence-electron chi connectivity index (χ0n) is 14.5. The summed E-state index contributed by atoms with van der Waals surface area (Å²) in [6, 6.07) is 0.175. The molecule has 3 rings (SSSR count). The second-order valence-corrected chi connectivity index (χ2v) is 7.38. The first kappa shape index (κ1) is 17.6. The van der Waals surface area contributed by atoms with Crippen molar-refractivity contribution >= 4 is 39.3 Å². The number of carbonyl (C=O) groups excluding carboxylic acids is 1. The van der Waals surface area contributed by atoms with Gasteiger partial charge in [-0.1, -0.05) is 0 Å². The molecule has 8 heteroatoms. The van der Waals surface area contributed by atoms with Crippen molar-refractivity contribution in [2.24, 2.45) is 5.92 Å². The normalized spacial score (nSPS) is 20.4. The number of methoxy groups -OCH3 is 1. The fourth-order valence-corrected chi connectivity index (χ4v) is 4.46. The number of aliphatic carboxylic acids is 1. The summed E-state index contributed by atoms with van der Waals surface area (Å²) in [6.07, 6.45) is 2.90. The van der Waals surface area contributed by atoms with E-state index in [0.717, 1.165) is 28.6 Å². The molecule has 1 aliphatic rings. The molecule has 0 aromatic carbocycles. The number of aryl methyl sites for hydroxylation is 2. The first-order chi connectivity index (χ1) is 11.9. The monoisotopic (exact) mass is 363 g/mol. The minimum Gasteiger partial charge on any atom is -0.481 e. The number of nitrogens with zero attached hydrogens (tertiary/aromatic N) is 2. The second-order valence-electron chi connectivity index (χ2n) is 6.38. The third kappa shape index (κ3) is 3.44. The van der Waals surface area contributed by atoms with Crippen molar-refractivity contribution in [2.75, 3.05) is 12.4 Å². The highest BCUT2D eigenvalue weighted by molar-refractivity contribution is 7.20. The molecule has 7 nitrogen and oxygen atoms in total. The summed E-state index contributed by atoms with van der Waals surface area (Å²) in [6.45, 7) is 3.69. The molecule has 0 atom stereocenters. The van der Waals surface area contributed by atoms with Crippen molar-refractivity contribution in [3.63, 3.8) is 0 Å². The largest absolute Gasteiger partial charge is 0.481 e. The van der Waals surface area contributed by atoms with E-state index in [1.807, 2.05) is 13.8 Å². The van der Waals surface area contributed by atoms with Crippen molar-refractivity contribution in [1.29, 1.82) is 0 Å². The highest BCUT2D eigenvalue weighted by Crippen LogP contribution is 2.35.